The Labute approximate surface area is 107 Å². The third-order valence-electron chi connectivity index (χ3n) is 2.25. The fraction of sp³-hybridized carbons (Fsp3) is 0.583. The first-order valence-electron chi connectivity index (χ1n) is 5.69. The summed E-state index contributed by atoms with van der Waals surface area (Å²) in [4.78, 5) is 4.24. The highest BCUT2D eigenvalue weighted by Crippen LogP contribution is 2.20. The van der Waals surface area contributed by atoms with Crippen LogP contribution >= 0.6 is 23.1 Å². The standard InChI is InChI=1S/C12H20N2S2/c1-3-4-6-11(2)13-7-5-9-15-12-14-8-10-16-12/h3,8,10-11,13H,1,4-7,9H2,2H3. The minimum atomic E-state index is 0.600. The molecule has 0 fully saturated rings. The van der Waals surface area contributed by atoms with Crippen LogP contribution in [-0.2, 0) is 0 Å². The van der Waals surface area contributed by atoms with E-state index in [9.17, 15) is 0 Å². The second-order valence-electron chi connectivity index (χ2n) is 3.72. The lowest BCUT2D eigenvalue weighted by Gasteiger charge is -2.11. The summed E-state index contributed by atoms with van der Waals surface area (Å²) >= 11 is 3.57. The summed E-state index contributed by atoms with van der Waals surface area (Å²) < 4.78 is 1.18. The van der Waals surface area contributed by atoms with E-state index in [0.29, 0.717) is 6.04 Å². The number of thioether (sulfide) groups is 1. The molecule has 0 aromatic carbocycles. The van der Waals surface area contributed by atoms with Gasteiger partial charge in [0.25, 0.3) is 0 Å². The summed E-state index contributed by atoms with van der Waals surface area (Å²) in [7, 11) is 0. The van der Waals surface area contributed by atoms with Gasteiger partial charge in [-0.15, -0.1) is 17.9 Å². The van der Waals surface area contributed by atoms with Crippen molar-refractivity contribution in [3.63, 3.8) is 0 Å². The molecule has 1 N–H and O–H groups in total. The molecule has 0 spiro atoms. The predicted octanol–water partition coefficient (Wildman–Crippen LogP) is 3.57. The van der Waals surface area contributed by atoms with Crippen LogP contribution in [0, 0.1) is 0 Å². The van der Waals surface area contributed by atoms with E-state index in [2.05, 4.69) is 23.8 Å². The Balaban J connectivity index is 1.93. The van der Waals surface area contributed by atoms with E-state index in [-0.39, 0.29) is 0 Å². The molecule has 0 aliphatic rings. The molecule has 2 nitrogen and oxygen atoms in total. The highest BCUT2D eigenvalue weighted by Gasteiger charge is 1.99. The third kappa shape index (κ3) is 6.30. The van der Waals surface area contributed by atoms with Crippen molar-refractivity contribution < 1.29 is 0 Å². The maximum atomic E-state index is 4.24. The average Bonchev–Trinajstić information content (AvgIpc) is 2.79. The van der Waals surface area contributed by atoms with Crippen LogP contribution in [0.1, 0.15) is 26.2 Å². The van der Waals surface area contributed by atoms with Crippen LogP contribution < -0.4 is 5.32 Å². The van der Waals surface area contributed by atoms with Crippen LogP contribution in [0.4, 0.5) is 0 Å². The van der Waals surface area contributed by atoms with Crippen LogP contribution in [-0.4, -0.2) is 23.3 Å². The molecule has 1 aromatic heterocycles. The van der Waals surface area contributed by atoms with Gasteiger partial charge < -0.3 is 5.32 Å². The Kier molecular flexibility index (Phi) is 7.55. The second kappa shape index (κ2) is 8.79. The number of aromatic nitrogens is 1. The van der Waals surface area contributed by atoms with Gasteiger partial charge in [0.15, 0.2) is 0 Å². The predicted molar refractivity (Wildman–Crippen MR) is 74.4 cm³/mol. The minimum Gasteiger partial charge on any atom is -0.314 e. The zero-order valence-electron chi connectivity index (χ0n) is 9.82. The molecule has 0 aliphatic heterocycles. The summed E-state index contributed by atoms with van der Waals surface area (Å²) in [6, 6.07) is 0.600. The molecule has 4 heteroatoms. The van der Waals surface area contributed by atoms with E-state index in [0.717, 1.165) is 18.7 Å². The highest BCUT2D eigenvalue weighted by atomic mass is 32.2. The Hall–Kier alpha value is -0.320. The summed E-state index contributed by atoms with van der Waals surface area (Å²) in [5, 5.41) is 5.55. The summed E-state index contributed by atoms with van der Waals surface area (Å²) in [5.74, 6) is 1.15. The lowest BCUT2D eigenvalue weighted by Crippen LogP contribution is -2.27. The molecule has 0 saturated carbocycles. The summed E-state index contributed by atoms with van der Waals surface area (Å²) in [6.45, 7) is 7.06. The molecular weight excluding hydrogens is 236 g/mol. The number of nitrogens with one attached hydrogen (secondary N) is 1. The minimum absolute atomic E-state index is 0.600. The van der Waals surface area contributed by atoms with Gasteiger partial charge in [-0.25, -0.2) is 4.98 Å². The molecule has 0 amide bonds. The molecule has 1 unspecified atom stereocenters. The lowest BCUT2D eigenvalue weighted by atomic mass is 10.2. The Bertz CT molecular complexity index is 273. The second-order valence-corrected chi connectivity index (χ2v) is 5.96. The molecule has 0 bridgehead atoms. The molecule has 0 aliphatic carbocycles. The fourth-order valence-electron chi connectivity index (χ4n) is 1.33. The molecule has 16 heavy (non-hydrogen) atoms. The van der Waals surface area contributed by atoms with Gasteiger partial charge in [-0.05, 0) is 32.7 Å². The zero-order valence-corrected chi connectivity index (χ0v) is 11.4. The number of rotatable bonds is 9. The summed E-state index contributed by atoms with van der Waals surface area (Å²) in [6.07, 6.45) is 7.33. The Morgan fingerprint density at radius 1 is 1.69 bits per heavy atom. The molecule has 1 atom stereocenters. The van der Waals surface area contributed by atoms with Gasteiger partial charge in [-0.3, -0.25) is 0 Å². The normalized spacial score (nSPS) is 12.6. The van der Waals surface area contributed by atoms with Crippen molar-refractivity contribution in [2.75, 3.05) is 12.3 Å². The van der Waals surface area contributed by atoms with E-state index in [4.69, 9.17) is 0 Å². The van der Waals surface area contributed by atoms with Crippen LogP contribution in [0.2, 0.25) is 0 Å². The highest BCUT2D eigenvalue weighted by molar-refractivity contribution is 8.00. The molecule has 90 valence electrons. The van der Waals surface area contributed by atoms with Crippen molar-refractivity contribution in [1.29, 1.82) is 0 Å². The van der Waals surface area contributed by atoms with Crippen molar-refractivity contribution in [1.82, 2.24) is 10.3 Å². The SMILES string of the molecule is C=CCCC(C)NCCCSc1nccs1. The molecule has 1 rings (SSSR count). The van der Waals surface area contributed by atoms with E-state index in [1.165, 1.54) is 17.2 Å². The van der Waals surface area contributed by atoms with Gasteiger partial charge in [0.1, 0.15) is 4.34 Å². The quantitative estimate of drug-likeness (QED) is 0.415. The van der Waals surface area contributed by atoms with Crippen LogP contribution in [0.5, 0.6) is 0 Å². The van der Waals surface area contributed by atoms with Gasteiger partial charge >= 0.3 is 0 Å². The van der Waals surface area contributed by atoms with E-state index in [1.54, 1.807) is 11.3 Å². The molecule has 0 saturated heterocycles. The topological polar surface area (TPSA) is 24.9 Å². The number of hydrogen-bond acceptors (Lipinski definition) is 4. The van der Waals surface area contributed by atoms with E-state index >= 15 is 0 Å². The van der Waals surface area contributed by atoms with Crippen molar-refractivity contribution in [2.24, 2.45) is 0 Å². The van der Waals surface area contributed by atoms with Crippen molar-refractivity contribution >= 4 is 23.1 Å². The first-order chi connectivity index (χ1) is 7.83. The van der Waals surface area contributed by atoms with E-state index < -0.39 is 0 Å². The number of allylic oxidation sites excluding steroid dienone is 1. The smallest absolute Gasteiger partial charge is 0.149 e. The van der Waals surface area contributed by atoms with Gasteiger partial charge in [-0.2, -0.15) is 0 Å². The molecule has 1 heterocycles. The maximum Gasteiger partial charge on any atom is 0.149 e. The maximum absolute atomic E-state index is 4.24. The molecule has 1 aromatic rings. The van der Waals surface area contributed by atoms with Crippen LogP contribution in [0.3, 0.4) is 0 Å². The van der Waals surface area contributed by atoms with Gasteiger partial charge in [0.2, 0.25) is 0 Å². The van der Waals surface area contributed by atoms with Gasteiger partial charge in [0, 0.05) is 23.4 Å². The first kappa shape index (κ1) is 13.7. The summed E-state index contributed by atoms with van der Waals surface area (Å²) in [5.41, 5.74) is 0. The van der Waals surface area contributed by atoms with Crippen molar-refractivity contribution in [2.45, 2.75) is 36.6 Å². The van der Waals surface area contributed by atoms with E-state index in [1.807, 2.05) is 29.4 Å². The van der Waals surface area contributed by atoms with Gasteiger partial charge in [-0.1, -0.05) is 17.8 Å². The average molecular weight is 256 g/mol. The zero-order chi connectivity index (χ0) is 11.6. The number of thiazole rings is 1. The van der Waals surface area contributed by atoms with Crippen LogP contribution in [0.25, 0.3) is 0 Å². The first-order valence-corrected chi connectivity index (χ1v) is 7.56. The van der Waals surface area contributed by atoms with Gasteiger partial charge in [0.05, 0.1) is 0 Å². The Morgan fingerprint density at radius 2 is 2.56 bits per heavy atom. The van der Waals surface area contributed by atoms with Crippen molar-refractivity contribution in [3.8, 4) is 0 Å². The third-order valence-corrected chi connectivity index (χ3v) is 4.31. The lowest BCUT2D eigenvalue weighted by molar-refractivity contribution is 0.519. The largest absolute Gasteiger partial charge is 0.314 e. The van der Waals surface area contributed by atoms with Crippen molar-refractivity contribution in [3.05, 3.63) is 24.2 Å². The Morgan fingerprint density at radius 3 is 3.25 bits per heavy atom. The molecule has 0 radical (unpaired) electrons. The fourth-order valence-corrected chi connectivity index (χ4v) is 2.98. The van der Waals surface area contributed by atoms with Crippen LogP contribution in [0.15, 0.2) is 28.6 Å². The number of nitrogens with zero attached hydrogens (tertiary/aromatic N) is 1. The number of hydrogen-bond donors (Lipinski definition) is 1. The molecular formula is C12H20N2S2. The monoisotopic (exact) mass is 256 g/mol.